The molecule has 7 nitrogen and oxygen atoms in total. The topological polar surface area (TPSA) is 119 Å². The van der Waals surface area contributed by atoms with Crippen LogP contribution in [-0.4, -0.2) is 41.6 Å². The third kappa shape index (κ3) is 37.9. The number of nitrogens with two attached hydrogens (primary N) is 1. The molecule has 0 aromatic rings. The summed E-state index contributed by atoms with van der Waals surface area (Å²) in [5, 5.41) is 11.9. The summed E-state index contributed by atoms with van der Waals surface area (Å²) in [6, 6.07) is -0.858. The Balaban J connectivity index is 4.36. The number of rotatable bonds is 41. The fraction of sp³-hybridized carbons (Fsp3) is 0.809. The molecular weight excluding hydrogens is 673 g/mol. The van der Waals surface area contributed by atoms with Crippen molar-refractivity contribution in [2.24, 2.45) is 5.73 Å². The molecule has 0 aromatic heterocycles. The van der Waals surface area contributed by atoms with Crippen molar-refractivity contribution in [3.63, 3.8) is 0 Å². The van der Waals surface area contributed by atoms with Gasteiger partial charge in [0, 0.05) is 12.8 Å². The van der Waals surface area contributed by atoms with Gasteiger partial charge in [0.2, 0.25) is 5.91 Å². The Morgan fingerprint density at radius 3 is 1.54 bits per heavy atom. The summed E-state index contributed by atoms with van der Waals surface area (Å²) in [6.07, 6.45) is 49.0. The van der Waals surface area contributed by atoms with Gasteiger partial charge in [-0.15, -0.1) is 0 Å². The fourth-order valence-electron chi connectivity index (χ4n) is 6.82. The monoisotopic (exact) mass is 759 g/mol. The molecule has 0 fully saturated rings. The molecule has 0 aliphatic rings. The molecule has 2 unspecified atom stereocenters. The van der Waals surface area contributed by atoms with Gasteiger partial charge in [-0.25, -0.2) is 4.79 Å². The van der Waals surface area contributed by atoms with Crippen LogP contribution in [0.4, 0.5) is 0 Å². The summed E-state index contributed by atoms with van der Waals surface area (Å²) in [7, 11) is 0. The molecule has 0 spiro atoms. The minimum Gasteiger partial charge on any atom is -0.480 e. The number of hydrogen-bond donors (Lipinski definition) is 3. The summed E-state index contributed by atoms with van der Waals surface area (Å²) >= 11 is 0. The van der Waals surface area contributed by atoms with E-state index in [1.165, 1.54) is 89.9 Å². The third-order valence-corrected chi connectivity index (χ3v) is 10.2. The van der Waals surface area contributed by atoms with E-state index in [4.69, 9.17) is 10.5 Å². The zero-order valence-corrected chi connectivity index (χ0v) is 35.3. The molecule has 0 saturated carbocycles. The van der Waals surface area contributed by atoms with Crippen LogP contribution >= 0.6 is 0 Å². The van der Waals surface area contributed by atoms with Gasteiger partial charge in [0.25, 0.3) is 0 Å². The summed E-state index contributed by atoms with van der Waals surface area (Å²) in [4.78, 5) is 36.4. The highest BCUT2D eigenvalue weighted by molar-refractivity contribution is 5.83. The van der Waals surface area contributed by atoms with Crippen molar-refractivity contribution in [3.05, 3.63) is 36.5 Å². The van der Waals surface area contributed by atoms with Gasteiger partial charge in [-0.1, -0.05) is 166 Å². The van der Waals surface area contributed by atoms with Crippen LogP contribution in [0.5, 0.6) is 0 Å². The molecule has 54 heavy (non-hydrogen) atoms. The van der Waals surface area contributed by atoms with Crippen molar-refractivity contribution in [1.29, 1.82) is 0 Å². The zero-order valence-electron chi connectivity index (χ0n) is 35.3. The van der Waals surface area contributed by atoms with Crippen molar-refractivity contribution in [3.8, 4) is 0 Å². The maximum atomic E-state index is 12.8. The maximum Gasteiger partial charge on any atom is 0.326 e. The Morgan fingerprint density at radius 2 is 1.02 bits per heavy atom. The number of nitrogens with one attached hydrogen (secondary N) is 1. The number of ether oxygens (including phenoxy) is 1. The standard InChI is InChI=1S/C47H86N2O5/c1-3-5-7-9-11-13-15-17-18-20-21-23-25-28-32-37-43(38-33-29-27-30-34-40-45(50)49-44(47(52)53)39-36-42-48)54-46(51)41-35-31-26-24-22-19-16-14-12-10-8-6-4-2/h6,8,12,14,19,22,43-44H,3-5,7,9-11,13,15-18,20-21,23-42,48H2,1-2H3,(H,49,50)(H,52,53)/b8-6-,14-12-,22-19-. The minimum absolute atomic E-state index is 0.000162. The second kappa shape index (κ2) is 41.7. The first kappa shape index (κ1) is 51.6. The molecule has 2 atom stereocenters. The first-order chi connectivity index (χ1) is 26.4. The Morgan fingerprint density at radius 1 is 0.556 bits per heavy atom. The number of allylic oxidation sites excluding steroid dienone is 6. The van der Waals surface area contributed by atoms with E-state index in [1.807, 2.05) is 0 Å². The summed E-state index contributed by atoms with van der Waals surface area (Å²) in [6.45, 7) is 4.84. The number of unbranched alkanes of at least 4 members (excludes halogenated alkanes) is 21. The molecule has 0 heterocycles. The highest BCUT2D eigenvalue weighted by Gasteiger charge is 2.19. The van der Waals surface area contributed by atoms with Crippen LogP contribution < -0.4 is 11.1 Å². The van der Waals surface area contributed by atoms with Crippen LogP contribution in [0.1, 0.15) is 226 Å². The first-order valence-electron chi connectivity index (χ1n) is 22.8. The summed E-state index contributed by atoms with van der Waals surface area (Å²) in [5.41, 5.74) is 5.49. The molecule has 0 rings (SSSR count). The van der Waals surface area contributed by atoms with E-state index in [1.54, 1.807) is 0 Å². The van der Waals surface area contributed by atoms with E-state index < -0.39 is 12.0 Å². The number of aliphatic carboxylic acids is 1. The van der Waals surface area contributed by atoms with Gasteiger partial charge in [0.1, 0.15) is 12.1 Å². The Labute approximate surface area is 333 Å². The highest BCUT2D eigenvalue weighted by Crippen LogP contribution is 2.19. The third-order valence-electron chi connectivity index (χ3n) is 10.2. The van der Waals surface area contributed by atoms with Crippen LogP contribution in [0.3, 0.4) is 0 Å². The van der Waals surface area contributed by atoms with Crippen LogP contribution in [-0.2, 0) is 19.1 Å². The second-order valence-electron chi connectivity index (χ2n) is 15.4. The van der Waals surface area contributed by atoms with E-state index in [0.717, 1.165) is 96.3 Å². The quantitative estimate of drug-likeness (QED) is 0.0324. The molecule has 0 saturated heterocycles. The van der Waals surface area contributed by atoms with Gasteiger partial charge in [-0.2, -0.15) is 0 Å². The summed E-state index contributed by atoms with van der Waals surface area (Å²) < 4.78 is 6.05. The molecule has 314 valence electrons. The van der Waals surface area contributed by atoms with Crippen molar-refractivity contribution in [1.82, 2.24) is 5.32 Å². The lowest BCUT2D eigenvalue weighted by Crippen LogP contribution is -2.40. The predicted molar refractivity (Wildman–Crippen MR) is 230 cm³/mol. The van der Waals surface area contributed by atoms with Gasteiger partial charge >= 0.3 is 11.9 Å². The number of amides is 1. The molecule has 0 aromatic carbocycles. The van der Waals surface area contributed by atoms with Gasteiger partial charge in [-0.3, -0.25) is 9.59 Å². The number of carboxylic acid groups (broad SMARTS) is 1. The number of esters is 1. The molecule has 7 heteroatoms. The van der Waals surface area contributed by atoms with Gasteiger partial charge in [-0.05, 0) is 90.0 Å². The van der Waals surface area contributed by atoms with Gasteiger partial charge < -0.3 is 20.9 Å². The molecule has 0 bridgehead atoms. The van der Waals surface area contributed by atoms with Crippen LogP contribution in [0.15, 0.2) is 36.5 Å². The second-order valence-corrected chi connectivity index (χ2v) is 15.4. The summed E-state index contributed by atoms with van der Waals surface area (Å²) in [5.74, 6) is -1.25. The largest absolute Gasteiger partial charge is 0.480 e. The molecule has 0 aliphatic heterocycles. The predicted octanol–water partition coefficient (Wildman–Crippen LogP) is 13.0. The van der Waals surface area contributed by atoms with E-state index in [9.17, 15) is 19.5 Å². The molecule has 1 amide bonds. The Bertz CT molecular complexity index is 946. The molecular formula is C47H86N2O5. The normalized spacial score (nSPS) is 12.9. The SMILES string of the molecule is CC/C=C\C/C=C\C/C=C\CCCCCC(=O)OC(CCCCCCCCCCCCCCCCC)CCCCCCCC(=O)NC(CCCN)C(=O)O. The van der Waals surface area contributed by atoms with Crippen LogP contribution in [0.25, 0.3) is 0 Å². The molecule has 0 radical (unpaired) electrons. The highest BCUT2D eigenvalue weighted by atomic mass is 16.5. The lowest BCUT2D eigenvalue weighted by molar-refractivity contribution is -0.150. The first-order valence-corrected chi connectivity index (χ1v) is 22.8. The smallest absolute Gasteiger partial charge is 0.326 e. The Hall–Kier alpha value is -2.41. The Kier molecular flexibility index (Phi) is 39.9. The number of carbonyl (C=O) groups is 3. The van der Waals surface area contributed by atoms with Crippen molar-refractivity contribution < 1.29 is 24.2 Å². The van der Waals surface area contributed by atoms with Crippen LogP contribution in [0, 0.1) is 0 Å². The van der Waals surface area contributed by atoms with E-state index in [2.05, 4.69) is 55.6 Å². The van der Waals surface area contributed by atoms with Crippen molar-refractivity contribution >= 4 is 17.8 Å². The number of carbonyl (C=O) groups excluding carboxylic acids is 2. The molecule has 0 aliphatic carbocycles. The minimum atomic E-state index is -1.00. The van der Waals surface area contributed by atoms with Crippen molar-refractivity contribution in [2.75, 3.05) is 6.54 Å². The number of carboxylic acids is 1. The van der Waals surface area contributed by atoms with Crippen LogP contribution in [0.2, 0.25) is 0 Å². The maximum absolute atomic E-state index is 12.8. The van der Waals surface area contributed by atoms with Gasteiger partial charge in [0.05, 0.1) is 0 Å². The molecule has 4 N–H and O–H groups in total. The average molecular weight is 759 g/mol. The average Bonchev–Trinajstić information content (AvgIpc) is 3.16. The van der Waals surface area contributed by atoms with E-state index >= 15 is 0 Å². The van der Waals surface area contributed by atoms with E-state index in [0.29, 0.717) is 32.2 Å². The zero-order chi connectivity index (χ0) is 39.6. The van der Waals surface area contributed by atoms with E-state index in [-0.39, 0.29) is 18.0 Å². The lowest BCUT2D eigenvalue weighted by atomic mass is 10.0. The van der Waals surface area contributed by atoms with Crippen molar-refractivity contribution in [2.45, 2.75) is 238 Å². The fourth-order valence-corrected chi connectivity index (χ4v) is 6.82. The lowest BCUT2D eigenvalue weighted by Gasteiger charge is -2.18. The van der Waals surface area contributed by atoms with Gasteiger partial charge in [0.15, 0.2) is 0 Å². The number of hydrogen-bond acceptors (Lipinski definition) is 5.